The third kappa shape index (κ3) is 21.3. The first kappa shape index (κ1) is 42.0. The van der Waals surface area contributed by atoms with Gasteiger partial charge in [0.2, 0.25) is 18.2 Å². The van der Waals surface area contributed by atoms with Crippen LogP contribution in [0.1, 0.15) is 71.9 Å². The van der Waals surface area contributed by atoms with Crippen LogP contribution in [0, 0.1) is 19.8 Å². The van der Waals surface area contributed by atoms with E-state index in [2.05, 4.69) is 61.0 Å². The lowest BCUT2D eigenvalue weighted by molar-refractivity contribution is -0.136. The van der Waals surface area contributed by atoms with Gasteiger partial charge >= 0.3 is 0 Å². The second kappa shape index (κ2) is 26.5. The van der Waals surface area contributed by atoms with Crippen LogP contribution in [0.2, 0.25) is 0 Å². The molecule has 0 saturated heterocycles. The van der Waals surface area contributed by atoms with E-state index in [9.17, 15) is 14.4 Å². The van der Waals surface area contributed by atoms with E-state index < -0.39 is 0 Å². The van der Waals surface area contributed by atoms with Gasteiger partial charge in [0.05, 0.1) is 19.2 Å². The first-order chi connectivity index (χ1) is 20.5. The highest BCUT2D eigenvalue weighted by molar-refractivity contribution is 6.31. The summed E-state index contributed by atoms with van der Waals surface area (Å²) in [6.07, 6.45) is 11.9. The number of aryl methyl sites for hydroxylation is 2. The van der Waals surface area contributed by atoms with Crippen LogP contribution in [0.5, 0.6) is 5.75 Å². The Morgan fingerprint density at radius 3 is 2.23 bits per heavy atom. The molecule has 244 valence electrons. The maximum atomic E-state index is 12.0. The highest BCUT2D eigenvalue weighted by atomic mass is 35.5. The number of nitrogens with zero attached hydrogens (tertiary/aromatic N) is 1. The van der Waals surface area contributed by atoms with E-state index in [1.54, 1.807) is 14.1 Å². The number of ether oxygens (including phenoxy) is 1. The quantitative estimate of drug-likeness (QED) is 0.276. The summed E-state index contributed by atoms with van der Waals surface area (Å²) >= 11 is 5.72. The highest BCUT2D eigenvalue weighted by Crippen LogP contribution is 2.33. The van der Waals surface area contributed by atoms with Crippen molar-refractivity contribution in [3.8, 4) is 5.75 Å². The summed E-state index contributed by atoms with van der Waals surface area (Å²) in [6, 6.07) is 6.12. The molecule has 1 aromatic carbocycles. The first-order valence-electron chi connectivity index (χ1n) is 15.3. The number of carbonyl (C=O) groups is 3. The summed E-state index contributed by atoms with van der Waals surface area (Å²) in [7, 11) is 3.46. The summed E-state index contributed by atoms with van der Waals surface area (Å²) in [4.78, 5) is 34.1. The van der Waals surface area contributed by atoms with Crippen molar-refractivity contribution >= 4 is 29.8 Å². The van der Waals surface area contributed by atoms with E-state index in [4.69, 9.17) is 16.3 Å². The Morgan fingerprint density at radius 2 is 1.74 bits per heavy atom. The molecular formula is C34H57ClN4O4. The van der Waals surface area contributed by atoms with Crippen molar-refractivity contribution in [2.75, 3.05) is 40.3 Å². The number of benzene rings is 1. The van der Waals surface area contributed by atoms with E-state index in [-0.39, 0.29) is 24.4 Å². The summed E-state index contributed by atoms with van der Waals surface area (Å²) < 4.78 is 5.42. The van der Waals surface area contributed by atoms with Crippen molar-refractivity contribution in [3.05, 3.63) is 64.2 Å². The summed E-state index contributed by atoms with van der Waals surface area (Å²) in [6.45, 7) is 18.2. The molecule has 3 rings (SSSR count). The molecule has 3 amide bonds. The van der Waals surface area contributed by atoms with Gasteiger partial charge in [0, 0.05) is 25.2 Å². The summed E-state index contributed by atoms with van der Waals surface area (Å²) in [5.41, 5.74) is 3.80. The second-order valence-corrected chi connectivity index (χ2v) is 10.2. The van der Waals surface area contributed by atoms with E-state index in [0.717, 1.165) is 43.2 Å². The monoisotopic (exact) mass is 620 g/mol. The van der Waals surface area contributed by atoms with Crippen LogP contribution < -0.4 is 20.7 Å². The number of hydrogen-bond acceptors (Lipinski definition) is 5. The third-order valence-corrected chi connectivity index (χ3v) is 6.23. The summed E-state index contributed by atoms with van der Waals surface area (Å²) in [5, 5.41) is 8.95. The van der Waals surface area contributed by atoms with Crippen LogP contribution in [0.15, 0.2) is 53.1 Å². The molecule has 0 heterocycles. The minimum absolute atomic E-state index is 0.0104. The van der Waals surface area contributed by atoms with Crippen molar-refractivity contribution < 1.29 is 19.1 Å². The molecule has 2 aliphatic rings. The van der Waals surface area contributed by atoms with Gasteiger partial charge in [0.15, 0.2) is 0 Å². The molecule has 0 aromatic heterocycles. The lowest BCUT2D eigenvalue weighted by Crippen LogP contribution is -2.48. The van der Waals surface area contributed by atoms with Gasteiger partial charge in [-0.3, -0.25) is 14.4 Å². The van der Waals surface area contributed by atoms with E-state index in [1.165, 1.54) is 21.6 Å². The van der Waals surface area contributed by atoms with Gasteiger partial charge in [-0.05, 0) is 103 Å². The molecule has 0 spiro atoms. The molecule has 43 heavy (non-hydrogen) atoms. The molecule has 1 saturated carbocycles. The lowest BCUT2D eigenvalue weighted by atomic mass is 10.1. The Labute approximate surface area is 266 Å². The van der Waals surface area contributed by atoms with Gasteiger partial charge in [-0.25, -0.2) is 0 Å². The molecule has 1 unspecified atom stereocenters. The van der Waals surface area contributed by atoms with E-state index in [1.807, 2.05) is 52.8 Å². The minimum atomic E-state index is -0.126. The molecule has 8 nitrogen and oxygen atoms in total. The maximum Gasteiger partial charge on any atom is 0.240 e. The number of carbonyl (C=O) groups excluding carboxylic acids is 3. The Morgan fingerprint density at radius 1 is 1.09 bits per heavy atom. The molecule has 1 fully saturated rings. The number of likely N-dealkylation sites (N-methyl/N-ethyl adjacent to an activating group) is 3. The molecule has 9 heteroatoms. The van der Waals surface area contributed by atoms with Gasteiger partial charge in [-0.1, -0.05) is 55.3 Å². The van der Waals surface area contributed by atoms with Crippen LogP contribution in [0.25, 0.3) is 0 Å². The average molecular weight is 621 g/mol. The number of allylic oxidation sites excluding steroid dienone is 6. The average Bonchev–Trinajstić information content (AvgIpc) is 3.84. The van der Waals surface area contributed by atoms with Crippen molar-refractivity contribution in [2.45, 2.75) is 80.7 Å². The van der Waals surface area contributed by atoms with Crippen LogP contribution in [-0.4, -0.2) is 69.5 Å². The predicted octanol–water partition coefficient (Wildman–Crippen LogP) is 6.07. The maximum absolute atomic E-state index is 12.0. The van der Waals surface area contributed by atoms with Crippen molar-refractivity contribution in [1.29, 1.82) is 0 Å². The van der Waals surface area contributed by atoms with Gasteiger partial charge in [0.25, 0.3) is 0 Å². The Bertz CT molecular complexity index is 1020. The Hall–Kier alpha value is -3.10. The smallest absolute Gasteiger partial charge is 0.240 e. The van der Waals surface area contributed by atoms with Crippen LogP contribution in [0.4, 0.5) is 0 Å². The first-order valence-corrected chi connectivity index (χ1v) is 15.7. The second-order valence-electron chi connectivity index (χ2n) is 9.80. The van der Waals surface area contributed by atoms with Gasteiger partial charge in [-0.15, -0.1) is 0 Å². The SMILES string of the molecule is CC.CC1=CC=C(Cl)C=CC1.CCNC(=O)CN(C)C(=O)C(NC)C1CC1.CCNC=O.CCOc1cc(C)ccc1C. The van der Waals surface area contributed by atoms with Crippen LogP contribution in [-0.2, 0) is 14.4 Å². The highest BCUT2D eigenvalue weighted by Gasteiger charge is 2.36. The molecule has 3 N–H and O–H groups in total. The Balaban J connectivity index is 0. The Kier molecular flexibility index (Phi) is 25.9. The number of rotatable bonds is 10. The molecule has 0 radical (unpaired) electrons. The fourth-order valence-electron chi connectivity index (χ4n) is 3.58. The standard InChI is InChI=1S/C11H21N3O2.C10H14O.C8H9Cl.C3H7NO.C2H6/c1-4-13-9(15)7-14(3)11(16)10(12-2)8-5-6-8;1-4-11-10-7-8(2)5-6-9(10)3;1-7-3-2-4-8(9)6-5-7;1-2-4-3-5;1-2/h8,10,12H,4-7H2,1-3H3,(H,13,15);5-7H,4H2,1-3H3;2,4-6H,3H2,1H3;3H,2H2,1H3,(H,4,5);1-2H3. The minimum Gasteiger partial charge on any atom is -0.494 e. The summed E-state index contributed by atoms with van der Waals surface area (Å²) in [5.74, 6) is 1.36. The van der Waals surface area contributed by atoms with Crippen LogP contribution in [0.3, 0.4) is 0 Å². The topological polar surface area (TPSA) is 99.8 Å². The number of amides is 3. The fraction of sp³-hybridized carbons (Fsp3) is 0.559. The third-order valence-electron chi connectivity index (χ3n) is 5.98. The zero-order valence-corrected chi connectivity index (χ0v) is 28.9. The lowest BCUT2D eigenvalue weighted by Gasteiger charge is -2.22. The number of halogens is 1. The normalized spacial score (nSPS) is 13.5. The molecule has 0 aliphatic heterocycles. The van der Waals surface area contributed by atoms with Gasteiger partial charge in [0.1, 0.15) is 5.75 Å². The van der Waals surface area contributed by atoms with Gasteiger partial charge in [-0.2, -0.15) is 0 Å². The molecular weight excluding hydrogens is 564 g/mol. The molecule has 2 aliphatic carbocycles. The number of nitrogens with one attached hydrogen (secondary N) is 3. The predicted molar refractivity (Wildman–Crippen MR) is 182 cm³/mol. The van der Waals surface area contributed by atoms with Crippen molar-refractivity contribution in [1.82, 2.24) is 20.9 Å². The zero-order chi connectivity index (χ0) is 33.2. The van der Waals surface area contributed by atoms with E-state index in [0.29, 0.717) is 18.9 Å². The number of hydrogen-bond donors (Lipinski definition) is 3. The van der Waals surface area contributed by atoms with Crippen molar-refractivity contribution in [2.24, 2.45) is 5.92 Å². The van der Waals surface area contributed by atoms with Gasteiger partial charge < -0.3 is 25.6 Å². The molecule has 1 atom stereocenters. The molecule has 0 bridgehead atoms. The van der Waals surface area contributed by atoms with E-state index >= 15 is 0 Å². The van der Waals surface area contributed by atoms with Crippen molar-refractivity contribution in [3.63, 3.8) is 0 Å². The largest absolute Gasteiger partial charge is 0.494 e. The fourth-order valence-corrected chi connectivity index (χ4v) is 3.73. The zero-order valence-electron chi connectivity index (χ0n) is 28.2. The van der Waals surface area contributed by atoms with Crippen LogP contribution >= 0.6 is 11.6 Å². The molecule has 1 aromatic rings.